The Morgan fingerprint density at radius 2 is 1.22 bits per heavy atom. The van der Waals surface area contributed by atoms with Crippen molar-refractivity contribution in [2.45, 2.75) is 89.8 Å². The Hall–Kier alpha value is -0.180. The van der Waals surface area contributed by atoms with Gasteiger partial charge in [0.25, 0.3) is 0 Å². The second-order valence-electron chi connectivity index (χ2n) is 9.10. The molecule has 0 N–H and O–H groups in total. The van der Waals surface area contributed by atoms with Crippen molar-refractivity contribution >= 4 is 0 Å². The predicted molar refractivity (Wildman–Crippen MR) is 87.7 cm³/mol. The Kier molecular flexibility index (Phi) is 4.45. The predicted octanol–water partition coefficient (Wildman–Crippen LogP) is 5.33. The first-order chi connectivity index (χ1) is 11.1. The van der Waals surface area contributed by atoms with Gasteiger partial charge >= 0.3 is 0 Å². The smallest absolute Gasteiger partial charge is 0.130 e. The molecule has 132 valence electrons. The third kappa shape index (κ3) is 2.75. The molecule has 8 atom stereocenters. The van der Waals surface area contributed by atoms with Gasteiger partial charge < -0.3 is 4.74 Å². The molecule has 0 bridgehead atoms. The molecular formula is C20H32F2O. The highest BCUT2D eigenvalue weighted by Gasteiger charge is 2.56. The van der Waals surface area contributed by atoms with Gasteiger partial charge in [-0.25, -0.2) is 8.78 Å². The van der Waals surface area contributed by atoms with Crippen LogP contribution in [0, 0.1) is 35.5 Å². The molecule has 0 amide bonds. The van der Waals surface area contributed by atoms with Gasteiger partial charge in [0, 0.05) is 0 Å². The summed E-state index contributed by atoms with van der Waals surface area (Å²) in [4.78, 5) is 0. The van der Waals surface area contributed by atoms with Gasteiger partial charge in [-0.3, -0.25) is 0 Å². The highest BCUT2D eigenvalue weighted by molar-refractivity contribution is 5.04. The van der Waals surface area contributed by atoms with Gasteiger partial charge in [-0.05, 0) is 74.0 Å². The van der Waals surface area contributed by atoms with Crippen LogP contribution in [0.5, 0.6) is 0 Å². The van der Waals surface area contributed by atoms with Crippen LogP contribution in [-0.4, -0.2) is 24.6 Å². The topological polar surface area (TPSA) is 9.23 Å². The minimum atomic E-state index is -0.888. The fraction of sp³-hybridized carbons (Fsp3) is 1.00. The van der Waals surface area contributed by atoms with E-state index >= 15 is 4.39 Å². The van der Waals surface area contributed by atoms with E-state index in [0.29, 0.717) is 5.92 Å². The van der Waals surface area contributed by atoms with Crippen LogP contribution in [-0.2, 0) is 4.74 Å². The lowest BCUT2D eigenvalue weighted by molar-refractivity contribution is -0.0941. The third-order valence-corrected chi connectivity index (χ3v) is 7.74. The van der Waals surface area contributed by atoms with Gasteiger partial charge in [-0.1, -0.05) is 26.7 Å². The van der Waals surface area contributed by atoms with Crippen LogP contribution in [0.3, 0.4) is 0 Å². The maximum absolute atomic E-state index is 15.3. The van der Waals surface area contributed by atoms with Crippen molar-refractivity contribution in [3.8, 4) is 0 Å². The van der Waals surface area contributed by atoms with Crippen molar-refractivity contribution < 1.29 is 13.5 Å². The van der Waals surface area contributed by atoms with E-state index in [4.69, 9.17) is 4.74 Å². The van der Waals surface area contributed by atoms with E-state index in [9.17, 15) is 4.39 Å². The summed E-state index contributed by atoms with van der Waals surface area (Å²) >= 11 is 0. The fourth-order valence-corrected chi connectivity index (χ4v) is 6.19. The molecule has 8 unspecified atom stereocenters. The molecule has 1 nitrogen and oxygen atoms in total. The Labute approximate surface area is 139 Å². The third-order valence-electron chi connectivity index (χ3n) is 7.74. The van der Waals surface area contributed by atoms with Crippen LogP contribution in [0.1, 0.15) is 65.2 Å². The first-order valence-corrected chi connectivity index (χ1v) is 10.00. The summed E-state index contributed by atoms with van der Waals surface area (Å²) in [5.41, 5.74) is 0. The summed E-state index contributed by atoms with van der Waals surface area (Å²) < 4.78 is 35.9. The summed E-state index contributed by atoms with van der Waals surface area (Å²) in [6.45, 7) is 4.29. The molecule has 4 fully saturated rings. The van der Waals surface area contributed by atoms with Gasteiger partial charge in [0.15, 0.2) is 0 Å². The normalized spacial score (nSPS) is 56.9. The number of alkyl halides is 2. The van der Waals surface area contributed by atoms with Crippen molar-refractivity contribution in [2.24, 2.45) is 35.5 Å². The van der Waals surface area contributed by atoms with Crippen LogP contribution in [0.2, 0.25) is 0 Å². The Morgan fingerprint density at radius 1 is 0.652 bits per heavy atom. The van der Waals surface area contributed by atoms with Crippen molar-refractivity contribution in [1.29, 1.82) is 0 Å². The first-order valence-electron chi connectivity index (χ1n) is 10.00. The van der Waals surface area contributed by atoms with Crippen molar-refractivity contribution in [3.05, 3.63) is 0 Å². The van der Waals surface area contributed by atoms with Crippen LogP contribution >= 0.6 is 0 Å². The fourth-order valence-electron chi connectivity index (χ4n) is 6.19. The van der Waals surface area contributed by atoms with Crippen LogP contribution in [0.15, 0.2) is 0 Å². The molecule has 1 saturated heterocycles. The second-order valence-corrected chi connectivity index (χ2v) is 9.10. The van der Waals surface area contributed by atoms with Crippen molar-refractivity contribution in [2.75, 3.05) is 0 Å². The van der Waals surface area contributed by atoms with Gasteiger partial charge in [0.1, 0.15) is 12.3 Å². The largest absolute Gasteiger partial charge is 0.368 e. The van der Waals surface area contributed by atoms with E-state index in [1.54, 1.807) is 0 Å². The summed E-state index contributed by atoms with van der Waals surface area (Å²) in [5.74, 6) is 2.13. The van der Waals surface area contributed by atoms with Crippen LogP contribution in [0.25, 0.3) is 0 Å². The Bertz CT molecular complexity index is 420. The highest BCUT2D eigenvalue weighted by Crippen LogP contribution is 2.53. The lowest BCUT2D eigenvalue weighted by Gasteiger charge is -2.42. The molecule has 3 saturated carbocycles. The number of rotatable bonds is 1. The molecule has 1 aliphatic heterocycles. The molecule has 0 aromatic rings. The van der Waals surface area contributed by atoms with Gasteiger partial charge in [0.2, 0.25) is 0 Å². The number of fused-ring (bicyclic) bond motifs is 3. The number of hydrogen-bond acceptors (Lipinski definition) is 1. The summed E-state index contributed by atoms with van der Waals surface area (Å²) in [7, 11) is 0. The molecule has 0 aromatic carbocycles. The first kappa shape index (κ1) is 16.3. The standard InChI is InChI=1S/C20H32F2O/c1-11-3-6-13(7-4-11)14-9-10-16-15-8-5-12(2)17(21)19(15)23-20(16)18(14)22/h11-20H,3-10H2,1-2H3. The molecule has 1 heterocycles. The number of halogens is 2. The molecule has 3 aliphatic carbocycles. The quantitative estimate of drug-likeness (QED) is 0.633. The van der Waals surface area contributed by atoms with E-state index in [1.807, 2.05) is 6.92 Å². The van der Waals surface area contributed by atoms with E-state index in [0.717, 1.165) is 31.6 Å². The van der Waals surface area contributed by atoms with E-state index in [1.165, 1.54) is 25.7 Å². The average Bonchev–Trinajstić information content (AvgIpc) is 2.93. The van der Waals surface area contributed by atoms with Crippen molar-refractivity contribution in [3.63, 3.8) is 0 Å². The monoisotopic (exact) mass is 326 g/mol. The molecule has 3 heteroatoms. The van der Waals surface area contributed by atoms with E-state index < -0.39 is 12.3 Å². The molecule has 4 rings (SSSR count). The maximum atomic E-state index is 15.3. The highest BCUT2D eigenvalue weighted by atomic mass is 19.1. The van der Waals surface area contributed by atoms with Gasteiger partial charge in [-0.15, -0.1) is 0 Å². The van der Waals surface area contributed by atoms with E-state index in [-0.39, 0.29) is 35.9 Å². The molecule has 0 radical (unpaired) electrons. The SMILES string of the molecule is CC1CCC(C2CCC3C4CCC(C)C(F)C4OC3C2F)CC1. The molecule has 23 heavy (non-hydrogen) atoms. The zero-order chi connectivity index (χ0) is 16.1. The molecule has 0 aromatic heterocycles. The van der Waals surface area contributed by atoms with Gasteiger partial charge in [0.05, 0.1) is 12.2 Å². The van der Waals surface area contributed by atoms with Crippen molar-refractivity contribution in [1.82, 2.24) is 0 Å². The average molecular weight is 326 g/mol. The molecular weight excluding hydrogens is 294 g/mol. The summed E-state index contributed by atoms with van der Waals surface area (Å²) in [6, 6.07) is 0. The summed E-state index contributed by atoms with van der Waals surface area (Å²) in [5, 5.41) is 0. The maximum Gasteiger partial charge on any atom is 0.130 e. The lowest BCUT2D eigenvalue weighted by atomic mass is 9.64. The second kappa shape index (κ2) is 6.28. The minimum Gasteiger partial charge on any atom is -0.368 e. The lowest BCUT2D eigenvalue weighted by Crippen LogP contribution is -2.43. The Morgan fingerprint density at radius 3 is 1.91 bits per heavy atom. The zero-order valence-electron chi connectivity index (χ0n) is 14.6. The number of hydrogen-bond donors (Lipinski definition) is 0. The minimum absolute atomic E-state index is 0.0742. The van der Waals surface area contributed by atoms with Crippen LogP contribution in [0.4, 0.5) is 8.78 Å². The van der Waals surface area contributed by atoms with Crippen LogP contribution < -0.4 is 0 Å². The number of ether oxygens (including phenoxy) is 1. The summed E-state index contributed by atoms with van der Waals surface area (Å²) in [6.07, 6.45) is 6.51. The van der Waals surface area contributed by atoms with E-state index in [2.05, 4.69) is 6.92 Å². The Balaban J connectivity index is 1.46. The molecule has 0 spiro atoms. The zero-order valence-corrected chi connectivity index (χ0v) is 14.6. The van der Waals surface area contributed by atoms with Gasteiger partial charge in [-0.2, -0.15) is 0 Å². The molecule has 4 aliphatic rings.